The second-order valence-electron chi connectivity index (χ2n) is 8.87. The molecule has 0 radical (unpaired) electrons. The van der Waals surface area contributed by atoms with Crippen LogP contribution in [0.5, 0.6) is 0 Å². The van der Waals surface area contributed by atoms with E-state index in [-0.39, 0.29) is 23.1 Å². The largest absolute Gasteiger partial charge is 0.290 e. The zero-order valence-electron chi connectivity index (χ0n) is 16.4. The molecule has 2 heterocycles. The van der Waals surface area contributed by atoms with Gasteiger partial charge in [-0.2, -0.15) is 0 Å². The van der Waals surface area contributed by atoms with E-state index in [2.05, 4.69) is 0 Å². The van der Waals surface area contributed by atoms with E-state index >= 15 is 0 Å². The third-order valence-corrected chi connectivity index (χ3v) is 10.3. The SMILES string of the molecule is O=C1C(=O)C2c3ccccc3C1c1sc3c4c(sc3c12)C1C(=O)C(=O)C4c2ccccc21. The summed E-state index contributed by atoms with van der Waals surface area (Å²) in [6.45, 7) is 0. The van der Waals surface area contributed by atoms with Gasteiger partial charge in [0.2, 0.25) is 23.1 Å². The summed E-state index contributed by atoms with van der Waals surface area (Å²) in [5.74, 6) is -3.62. The van der Waals surface area contributed by atoms with E-state index in [0.29, 0.717) is 0 Å². The highest BCUT2D eigenvalue weighted by Crippen LogP contribution is 2.62. The van der Waals surface area contributed by atoms with Crippen LogP contribution in [0.3, 0.4) is 0 Å². The molecule has 0 fully saturated rings. The number of hydrogen-bond donors (Lipinski definition) is 0. The summed E-state index contributed by atoms with van der Waals surface area (Å²) < 4.78 is 1.95. The van der Waals surface area contributed by atoms with Crippen molar-refractivity contribution in [1.82, 2.24) is 0 Å². The molecule has 4 aromatic rings. The molecule has 4 atom stereocenters. The lowest BCUT2D eigenvalue weighted by Gasteiger charge is -2.36. The zero-order chi connectivity index (χ0) is 21.5. The first-order valence-electron chi connectivity index (χ1n) is 10.5. The fourth-order valence-corrected chi connectivity index (χ4v) is 9.54. The van der Waals surface area contributed by atoms with Crippen molar-refractivity contribution in [3.8, 4) is 0 Å². The van der Waals surface area contributed by atoms with Crippen molar-refractivity contribution in [2.45, 2.75) is 23.7 Å². The number of hydrogen-bond acceptors (Lipinski definition) is 6. The maximum absolute atomic E-state index is 13.1. The smallest absolute Gasteiger partial charge is 0.212 e. The number of ketones is 4. The van der Waals surface area contributed by atoms with Crippen molar-refractivity contribution in [2.75, 3.05) is 0 Å². The summed E-state index contributed by atoms with van der Waals surface area (Å²) in [7, 11) is 0. The first-order valence-corrected chi connectivity index (χ1v) is 12.1. The number of benzene rings is 2. The summed E-state index contributed by atoms with van der Waals surface area (Å²) in [4.78, 5) is 53.9. The maximum Gasteiger partial charge on any atom is 0.212 e. The minimum atomic E-state index is -0.584. The summed E-state index contributed by atoms with van der Waals surface area (Å²) in [5, 5.41) is 0. The molecule has 6 aliphatic rings. The van der Waals surface area contributed by atoms with Gasteiger partial charge in [0.15, 0.2) is 0 Å². The maximum atomic E-state index is 13.1. The van der Waals surface area contributed by atoms with Crippen LogP contribution >= 0.6 is 22.7 Å². The number of Topliss-reactive ketones (excluding diaryl/α,β-unsaturated/α-hetero) is 4. The van der Waals surface area contributed by atoms with Crippen molar-refractivity contribution in [1.29, 1.82) is 0 Å². The van der Waals surface area contributed by atoms with Crippen molar-refractivity contribution < 1.29 is 19.2 Å². The first-order chi connectivity index (χ1) is 15.6. The van der Waals surface area contributed by atoms with Crippen LogP contribution in [0, 0.1) is 0 Å². The second kappa shape index (κ2) is 5.39. The van der Waals surface area contributed by atoms with Gasteiger partial charge in [0.1, 0.15) is 0 Å². The molecule has 4 unspecified atom stereocenters. The van der Waals surface area contributed by atoms with Gasteiger partial charge in [0, 0.05) is 20.9 Å². The van der Waals surface area contributed by atoms with E-state index in [1.54, 1.807) is 22.7 Å². The highest BCUT2D eigenvalue weighted by atomic mass is 32.1. The van der Waals surface area contributed by atoms with Crippen molar-refractivity contribution in [3.63, 3.8) is 0 Å². The highest BCUT2D eigenvalue weighted by Gasteiger charge is 2.54. The molecule has 10 rings (SSSR count). The third-order valence-electron chi connectivity index (χ3n) is 7.52. The normalized spacial score (nSPS) is 26.4. The van der Waals surface area contributed by atoms with Crippen LogP contribution in [-0.4, -0.2) is 23.1 Å². The molecule has 4 nitrogen and oxygen atoms in total. The predicted molar refractivity (Wildman–Crippen MR) is 120 cm³/mol. The predicted octanol–water partition coefficient (Wildman–Crippen LogP) is 4.42. The lowest BCUT2D eigenvalue weighted by Crippen LogP contribution is -2.40. The monoisotopic (exact) mass is 452 g/mol. The minimum Gasteiger partial charge on any atom is -0.290 e. The Bertz CT molecular complexity index is 1510. The Morgan fingerprint density at radius 2 is 0.781 bits per heavy atom. The number of carbonyl (C=O) groups excluding carboxylic acids is 4. The Morgan fingerprint density at radius 1 is 0.469 bits per heavy atom. The van der Waals surface area contributed by atoms with Gasteiger partial charge in [0.05, 0.1) is 33.1 Å². The van der Waals surface area contributed by atoms with Gasteiger partial charge >= 0.3 is 0 Å². The molecule has 0 saturated carbocycles. The average Bonchev–Trinajstić information content (AvgIpc) is 3.35. The molecule has 0 amide bonds. The molecule has 4 bridgehead atoms. The first kappa shape index (κ1) is 17.3. The molecule has 6 heteroatoms. The van der Waals surface area contributed by atoms with E-state index in [0.717, 1.165) is 52.5 Å². The van der Waals surface area contributed by atoms with Gasteiger partial charge in [-0.05, 0) is 22.3 Å². The van der Waals surface area contributed by atoms with Crippen molar-refractivity contribution in [3.05, 3.63) is 91.7 Å². The fraction of sp³-hybridized carbons (Fsp3) is 0.154. The van der Waals surface area contributed by atoms with E-state index in [4.69, 9.17) is 0 Å². The fourth-order valence-electron chi connectivity index (χ4n) is 6.28. The molecule has 0 aliphatic heterocycles. The molecular formula is C26H12O4S2. The molecule has 2 aromatic heterocycles. The van der Waals surface area contributed by atoms with Crippen molar-refractivity contribution >= 4 is 55.2 Å². The van der Waals surface area contributed by atoms with Gasteiger partial charge in [0.25, 0.3) is 0 Å². The van der Waals surface area contributed by atoms with Gasteiger partial charge in [-0.1, -0.05) is 48.5 Å². The van der Waals surface area contributed by atoms with Gasteiger partial charge < -0.3 is 0 Å². The number of carbonyl (C=O) groups is 4. The van der Waals surface area contributed by atoms with Crippen molar-refractivity contribution in [2.24, 2.45) is 0 Å². The summed E-state index contributed by atoms with van der Waals surface area (Å²) in [6.07, 6.45) is 0. The standard InChI is InChI=1S/C26H12O4S2/c27-19-13-9-5-1-3-7-11(9)15(21(19)29)23-17(13)25-26(31-23)18-14-10-6-2-4-8-12(10)16(24(18)32-25)22(30)20(14)28/h1-8,13-16H. The van der Waals surface area contributed by atoms with Crippen LogP contribution in [0.4, 0.5) is 0 Å². The number of fused-ring (bicyclic) bond motifs is 3. The quantitative estimate of drug-likeness (QED) is 0.371. The molecule has 6 aliphatic carbocycles. The Balaban J connectivity index is 1.47. The number of rotatable bonds is 0. The van der Waals surface area contributed by atoms with Crippen LogP contribution in [-0.2, 0) is 19.2 Å². The van der Waals surface area contributed by atoms with Crippen LogP contribution in [0.1, 0.15) is 66.8 Å². The Morgan fingerprint density at radius 3 is 1.16 bits per heavy atom. The van der Waals surface area contributed by atoms with E-state index in [1.807, 2.05) is 48.5 Å². The lowest BCUT2D eigenvalue weighted by atomic mass is 9.65. The topological polar surface area (TPSA) is 68.3 Å². The molecule has 0 N–H and O–H groups in total. The molecule has 0 spiro atoms. The number of thiophene rings is 2. The van der Waals surface area contributed by atoms with E-state index < -0.39 is 23.7 Å². The summed E-state index contributed by atoms with van der Waals surface area (Å²) in [6, 6.07) is 15.4. The lowest BCUT2D eigenvalue weighted by molar-refractivity contribution is -0.138. The van der Waals surface area contributed by atoms with Gasteiger partial charge in [-0.3, -0.25) is 19.2 Å². The molecule has 0 saturated heterocycles. The Labute approximate surface area is 189 Å². The average molecular weight is 453 g/mol. The van der Waals surface area contributed by atoms with E-state index in [1.165, 1.54) is 0 Å². The summed E-state index contributed by atoms with van der Waals surface area (Å²) >= 11 is 3.09. The third kappa shape index (κ3) is 1.68. The molecule has 32 heavy (non-hydrogen) atoms. The Kier molecular flexibility index (Phi) is 2.92. The second-order valence-corrected chi connectivity index (χ2v) is 11.0. The zero-order valence-corrected chi connectivity index (χ0v) is 18.0. The van der Waals surface area contributed by atoms with Crippen LogP contribution < -0.4 is 0 Å². The van der Waals surface area contributed by atoms with E-state index in [9.17, 15) is 19.2 Å². The van der Waals surface area contributed by atoms with Crippen LogP contribution in [0.15, 0.2) is 48.5 Å². The summed E-state index contributed by atoms with van der Waals surface area (Å²) in [5.41, 5.74) is 5.55. The Hall–Kier alpha value is -3.22. The molecular weight excluding hydrogens is 440 g/mol. The minimum absolute atomic E-state index is 0.331. The molecule has 152 valence electrons. The van der Waals surface area contributed by atoms with Crippen LogP contribution in [0.25, 0.3) is 9.40 Å². The highest BCUT2D eigenvalue weighted by molar-refractivity contribution is 7.29. The van der Waals surface area contributed by atoms with Crippen LogP contribution in [0.2, 0.25) is 0 Å². The molecule has 2 aromatic carbocycles. The van der Waals surface area contributed by atoms with Gasteiger partial charge in [-0.25, -0.2) is 0 Å². The van der Waals surface area contributed by atoms with Gasteiger partial charge in [-0.15, -0.1) is 22.7 Å².